The van der Waals surface area contributed by atoms with Crippen LogP contribution in [0.2, 0.25) is 0 Å². The van der Waals surface area contributed by atoms with Gasteiger partial charge >= 0.3 is 0 Å². The number of carbonyl (C=O) groups is 1. The van der Waals surface area contributed by atoms with Crippen molar-refractivity contribution >= 4 is 5.91 Å². The van der Waals surface area contributed by atoms with Crippen molar-refractivity contribution in [3.8, 4) is 0 Å². The summed E-state index contributed by atoms with van der Waals surface area (Å²) in [4.78, 5) is 23.9. The highest BCUT2D eigenvalue weighted by Crippen LogP contribution is 2.27. The fourth-order valence-electron chi connectivity index (χ4n) is 3.77. The molecule has 1 aromatic carbocycles. The summed E-state index contributed by atoms with van der Waals surface area (Å²) in [6, 6.07) is 6.81. The first-order valence-electron chi connectivity index (χ1n) is 9.92. The Hall–Kier alpha value is -2.34. The number of hydrogen-bond acceptors (Lipinski definition) is 4. The van der Waals surface area contributed by atoms with Gasteiger partial charge in [0.15, 0.2) is 0 Å². The summed E-state index contributed by atoms with van der Waals surface area (Å²) in [6.45, 7) is 10.5. The first-order valence-corrected chi connectivity index (χ1v) is 9.92. The summed E-state index contributed by atoms with van der Waals surface area (Å²) in [5.74, 6) is 0.953. The normalized spacial score (nSPS) is 17.3. The van der Waals surface area contributed by atoms with Crippen LogP contribution in [-0.4, -0.2) is 39.9 Å². The smallest absolute Gasteiger partial charge is 0.224 e. The molecule has 1 fully saturated rings. The zero-order valence-electron chi connectivity index (χ0n) is 17.1. The second-order valence-electron chi connectivity index (χ2n) is 7.98. The highest BCUT2D eigenvalue weighted by Gasteiger charge is 2.27. The molecule has 1 aliphatic rings. The van der Waals surface area contributed by atoms with Crippen molar-refractivity contribution in [3.63, 3.8) is 0 Å². The van der Waals surface area contributed by atoms with Gasteiger partial charge in [0, 0.05) is 42.0 Å². The second-order valence-corrected chi connectivity index (χ2v) is 7.98. The molecule has 1 unspecified atom stereocenters. The molecular formula is C22H29FN4O. The number of amides is 1. The Kier molecular flexibility index (Phi) is 6.39. The van der Waals surface area contributed by atoms with Crippen LogP contribution >= 0.6 is 0 Å². The topological polar surface area (TPSA) is 58.1 Å². The van der Waals surface area contributed by atoms with Crippen molar-refractivity contribution in [1.29, 1.82) is 0 Å². The van der Waals surface area contributed by atoms with Crippen molar-refractivity contribution in [3.05, 3.63) is 58.4 Å². The Morgan fingerprint density at radius 2 is 1.86 bits per heavy atom. The molecule has 1 atom stereocenters. The van der Waals surface area contributed by atoms with E-state index < -0.39 is 0 Å². The Bertz CT molecular complexity index is 812. The first kappa shape index (κ1) is 20.4. The van der Waals surface area contributed by atoms with Gasteiger partial charge in [-0.1, -0.05) is 12.1 Å². The average molecular weight is 384 g/mol. The average Bonchev–Trinajstić information content (AvgIpc) is 3.08. The number of halogens is 1. The molecule has 1 aromatic heterocycles. The molecule has 1 saturated heterocycles. The lowest BCUT2D eigenvalue weighted by atomic mass is 10.0. The number of aryl methyl sites for hydroxylation is 2. The van der Waals surface area contributed by atoms with Crippen LogP contribution in [0.5, 0.6) is 0 Å². The number of likely N-dealkylation sites (tertiary alicyclic amines) is 1. The van der Waals surface area contributed by atoms with E-state index in [4.69, 9.17) is 9.97 Å². The van der Waals surface area contributed by atoms with E-state index >= 15 is 0 Å². The number of aromatic nitrogens is 2. The van der Waals surface area contributed by atoms with Gasteiger partial charge in [0.05, 0.1) is 6.42 Å². The molecule has 2 heterocycles. The summed E-state index contributed by atoms with van der Waals surface area (Å²) in [5, 5.41) is 2.92. The highest BCUT2D eigenvalue weighted by molar-refractivity contribution is 5.79. The van der Waals surface area contributed by atoms with E-state index in [0.29, 0.717) is 6.42 Å². The van der Waals surface area contributed by atoms with Crippen molar-refractivity contribution in [1.82, 2.24) is 20.2 Å². The molecule has 1 amide bonds. The van der Waals surface area contributed by atoms with Gasteiger partial charge in [-0.05, 0) is 58.4 Å². The molecule has 0 aliphatic carbocycles. The predicted molar refractivity (Wildman–Crippen MR) is 108 cm³/mol. The Morgan fingerprint density at radius 1 is 1.21 bits per heavy atom. The summed E-state index contributed by atoms with van der Waals surface area (Å²) in [6.07, 6.45) is 1.32. The minimum atomic E-state index is -0.204. The molecule has 2 aromatic rings. The Balaban J connectivity index is 1.65. The van der Waals surface area contributed by atoms with E-state index in [-0.39, 0.29) is 23.7 Å². The Labute approximate surface area is 166 Å². The van der Waals surface area contributed by atoms with Gasteiger partial charge in [0.25, 0.3) is 0 Å². The third kappa shape index (κ3) is 5.13. The van der Waals surface area contributed by atoms with E-state index in [2.05, 4.69) is 10.2 Å². The fraction of sp³-hybridized carbons (Fsp3) is 0.500. The molecule has 0 spiro atoms. The van der Waals surface area contributed by atoms with Crippen LogP contribution in [0.3, 0.4) is 0 Å². The maximum atomic E-state index is 13.1. The first-order chi connectivity index (χ1) is 13.3. The predicted octanol–water partition coefficient (Wildman–Crippen LogP) is 3.29. The summed E-state index contributed by atoms with van der Waals surface area (Å²) >= 11 is 0. The molecule has 6 heteroatoms. The molecular weight excluding hydrogens is 355 g/mol. The Morgan fingerprint density at radius 3 is 2.46 bits per heavy atom. The molecule has 1 N–H and O–H groups in total. The number of benzene rings is 1. The van der Waals surface area contributed by atoms with Crippen LogP contribution in [0.1, 0.15) is 54.5 Å². The standard InChI is InChI=1S/C22H29FN4O/c1-14(2)24-21(28)11-20-15(3)25-22(26-16(20)4)18-9-10-27(13-18)12-17-5-7-19(23)8-6-17/h5-8,14,18H,9-13H2,1-4H3,(H,24,28). The number of nitrogens with zero attached hydrogens (tertiary/aromatic N) is 3. The van der Waals surface area contributed by atoms with Gasteiger partial charge in [-0.15, -0.1) is 0 Å². The summed E-state index contributed by atoms with van der Waals surface area (Å²) < 4.78 is 13.1. The van der Waals surface area contributed by atoms with Crippen LogP contribution in [-0.2, 0) is 17.8 Å². The maximum Gasteiger partial charge on any atom is 0.224 e. The highest BCUT2D eigenvalue weighted by atomic mass is 19.1. The number of nitrogens with one attached hydrogen (secondary N) is 1. The molecule has 5 nitrogen and oxygen atoms in total. The van der Waals surface area contributed by atoms with Gasteiger partial charge in [-0.2, -0.15) is 0 Å². The van der Waals surface area contributed by atoms with Crippen molar-refractivity contribution in [2.24, 2.45) is 0 Å². The van der Waals surface area contributed by atoms with Gasteiger partial charge in [-0.3, -0.25) is 9.69 Å². The minimum absolute atomic E-state index is 0.00360. The molecule has 3 rings (SSSR count). The lowest BCUT2D eigenvalue weighted by molar-refractivity contribution is -0.120. The lowest BCUT2D eigenvalue weighted by Gasteiger charge is -2.17. The van der Waals surface area contributed by atoms with E-state index in [0.717, 1.165) is 54.4 Å². The lowest BCUT2D eigenvalue weighted by Crippen LogP contribution is -2.32. The van der Waals surface area contributed by atoms with Crippen LogP contribution in [0.15, 0.2) is 24.3 Å². The minimum Gasteiger partial charge on any atom is -0.354 e. The largest absolute Gasteiger partial charge is 0.354 e. The molecule has 150 valence electrons. The van der Waals surface area contributed by atoms with Crippen LogP contribution in [0.4, 0.5) is 4.39 Å². The fourth-order valence-corrected chi connectivity index (χ4v) is 3.77. The second kappa shape index (κ2) is 8.78. The van der Waals surface area contributed by atoms with Gasteiger partial charge in [0.1, 0.15) is 11.6 Å². The molecule has 0 saturated carbocycles. The monoisotopic (exact) mass is 384 g/mol. The quantitative estimate of drug-likeness (QED) is 0.830. The number of carbonyl (C=O) groups excluding carboxylic acids is 1. The zero-order chi connectivity index (χ0) is 20.3. The molecule has 0 radical (unpaired) electrons. The van der Waals surface area contributed by atoms with Crippen molar-refractivity contribution in [2.45, 2.75) is 59.0 Å². The van der Waals surface area contributed by atoms with Crippen molar-refractivity contribution in [2.75, 3.05) is 13.1 Å². The maximum absolute atomic E-state index is 13.1. The van der Waals surface area contributed by atoms with E-state index in [1.54, 1.807) is 0 Å². The third-order valence-electron chi connectivity index (χ3n) is 5.18. The van der Waals surface area contributed by atoms with Gasteiger partial charge < -0.3 is 5.32 Å². The summed E-state index contributed by atoms with van der Waals surface area (Å²) in [7, 11) is 0. The third-order valence-corrected chi connectivity index (χ3v) is 5.18. The molecule has 28 heavy (non-hydrogen) atoms. The number of rotatable bonds is 6. The molecule has 1 aliphatic heterocycles. The van der Waals surface area contributed by atoms with E-state index in [1.165, 1.54) is 12.1 Å². The number of hydrogen-bond donors (Lipinski definition) is 1. The zero-order valence-corrected chi connectivity index (χ0v) is 17.1. The van der Waals surface area contributed by atoms with Gasteiger partial charge in [-0.25, -0.2) is 14.4 Å². The van der Waals surface area contributed by atoms with Crippen LogP contribution < -0.4 is 5.32 Å². The van der Waals surface area contributed by atoms with E-state index in [1.807, 2.05) is 39.8 Å². The van der Waals surface area contributed by atoms with Crippen LogP contribution in [0.25, 0.3) is 0 Å². The SMILES string of the molecule is Cc1nc(C2CCN(Cc3ccc(F)cc3)C2)nc(C)c1CC(=O)NC(C)C. The van der Waals surface area contributed by atoms with Gasteiger partial charge in [0.2, 0.25) is 5.91 Å². The van der Waals surface area contributed by atoms with Crippen molar-refractivity contribution < 1.29 is 9.18 Å². The van der Waals surface area contributed by atoms with E-state index in [9.17, 15) is 9.18 Å². The molecule has 0 bridgehead atoms. The summed E-state index contributed by atoms with van der Waals surface area (Å²) in [5.41, 5.74) is 3.81. The van der Waals surface area contributed by atoms with Crippen LogP contribution in [0, 0.1) is 19.7 Å².